The zero-order valence-electron chi connectivity index (χ0n) is 23.0. The highest BCUT2D eigenvalue weighted by molar-refractivity contribution is 6.22. The normalized spacial score (nSPS) is 14.8. The minimum absolute atomic E-state index is 0.0665. The quantitative estimate of drug-likeness (QED) is 0.264. The standard InChI is InChI=1S/C15H17NO4.C15H15NO4/c2*1-3-20-15(19)10(2)8-9-16-13(17)11-6-4-5-7-12(11)14(16)18/h4-7,10H,3,8-9H2,1-2H3;4-8H,3,9H2,1-2H3/b;10-8+. The first-order valence-electron chi connectivity index (χ1n) is 13.0. The van der Waals surface area contributed by atoms with Crippen LogP contribution in [0.25, 0.3) is 0 Å². The van der Waals surface area contributed by atoms with Gasteiger partial charge in [-0.3, -0.25) is 33.8 Å². The van der Waals surface area contributed by atoms with Gasteiger partial charge in [0.2, 0.25) is 0 Å². The van der Waals surface area contributed by atoms with Crippen LogP contribution >= 0.6 is 0 Å². The van der Waals surface area contributed by atoms with Gasteiger partial charge in [0.05, 0.1) is 41.4 Å². The van der Waals surface area contributed by atoms with Crippen molar-refractivity contribution >= 4 is 35.6 Å². The molecule has 0 fully saturated rings. The second-order valence-corrected chi connectivity index (χ2v) is 9.12. The van der Waals surface area contributed by atoms with Gasteiger partial charge >= 0.3 is 11.9 Å². The summed E-state index contributed by atoms with van der Waals surface area (Å²) in [6.45, 7) is 7.70. The maximum absolute atomic E-state index is 12.1. The highest BCUT2D eigenvalue weighted by Gasteiger charge is 2.36. The first kappa shape index (κ1) is 29.9. The molecule has 210 valence electrons. The summed E-state index contributed by atoms with van der Waals surface area (Å²) in [6, 6.07) is 13.4. The number of ether oxygens (including phenoxy) is 2. The smallest absolute Gasteiger partial charge is 0.333 e. The predicted molar refractivity (Wildman–Crippen MR) is 144 cm³/mol. The van der Waals surface area contributed by atoms with Gasteiger partial charge in [0.1, 0.15) is 0 Å². The molecule has 0 N–H and O–H groups in total. The van der Waals surface area contributed by atoms with Gasteiger partial charge in [-0.05, 0) is 51.5 Å². The van der Waals surface area contributed by atoms with Gasteiger partial charge in [0.25, 0.3) is 23.6 Å². The van der Waals surface area contributed by atoms with E-state index in [-0.39, 0.29) is 55.2 Å². The van der Waals surface area contributed by atoms with Crippen molar-refractivity contribution in [1.29, 1.82) is 0 Å². The number of amides is 4. The summed E-state index contributed by atoms with van der Waals surface area (Å²) in [5.74, 6) is -2.33. The Balaban J connectivity index is 0.000000220. The van der Waals surface area contributed by atoms with Gasteiger partial charge < -0.3 is 9.47 Å². The summed E-state index contributed by atoms with van der Waals surface area (Å²) < 4.78 is 9.75. The molecular weight excluding hydrogens is 516 g/mol. The average molecular weight is 549 g/mol. The number of nitrogens with zero attached hydrogens (tertiary/aromatic N) is 2. The number of fused-ring (bicyclic) bond motifs is 2. The Morgan fingerprint density at radius 2 is 1.18 bits per heavy atom. The molecule has 4 amide bonds. The van der Waals surface area contributed by atoms with Gasteiger partial charge in [-0.2, -0.15) is 0 Å². The molecule has 1 unspecified atom stereocenters. The lowest BCUT2D eigenvalue weighted by Gasteiger charge is -2.16. The van der Waals surface area contributed by atoms with Crippen LogP contribution in [-0.2, 0) is 19.1 Å². The van der Waals surface area contributed by atoms with Crippen molar-refractivity contribution in [2.45, 2.75) is 34.1 Å². The maximum atomic E-state index is 12.1. The number of rotatable bonds is 9. The van der Waals surface area contributed by atoms with E-state index >= 15 is 0 Å². The van der Waals surface area contributed by atoms with Crippen molar-refractivity contribution < 1.29 is 38.2 Å². The summed E-state index contributed by atoms with van der Waals surface area (Å²) >= 11 is 0. The second-order valence-electron chi connectivity index (χ2n) is 9.12. The van der Waals surface area contributed by atoms with Crippen LogP contribution in [0.15, 0.2) is 60.2 Å². The Labute approximate surface area is 232 Å². The highest BCUT2D eigenvalue weighted by atomic mass is 16.5. The zero-order valence-corrected chi connectivity index (χ0v) is 23.0. The minimum atomic E-state index is -0.441. The fourth-order valence-corrected chi connectivity index (χ4v) is 4.13. The van der Waals surface area contributed by atoms with Crippen LogP contribution in [0.4, 0.5) is 0 Å². The molecule has 0 saturated heterocycles. The van der Waals surface area contributed by atoms with Crippen molar-refractivity contribution in [2.24, 2.45) is 5.92 Å². The monoisotopic (exact) mass is 548 g/mol. The summed E-state index contributed by atoms with van der Waals surface area (Å²) in [5, 5.41) is 0. The number of hydrogen-bond donors (Lipinski definition) is 0. The first-order valence-corrected chi connectivity index (χ1v) is 13.0. The van der Waals surface area contributed by atoms with Crippen molar-refractivity contribution in [2.75, 3.05) is 26.3 Å². The van der Waals surface area contributed by atoms with Gasteiger partial charge in [-0.15, -0.1) is 0 Å². The van der Waals surface area contributed by atoms with Crippen molar-refractivity contribution in [3.8, 4) is 0 Å². The Morgan fingerprint density at radius 1 is 0.750 bits per heavy atom. The van der Waals surface area contributed by atoms with Gasteiger partial charge in [0.15, 0.2) is 0 Å². The third kappa shape index (κ3) is 6.51. The van der Waals surface area contributed by atoms with Crippen molar-refractivity contribution in [1.82, 2.24) is 9.80 Å². The van der Waals surface area contributed by atoms with Crippen LogP contribution < -0.4 is 0 Å². The minimum Gasteiger partial charge on any atom is -0.466 e. The molecule has 0 aromatic heterocycles. The van der Waals surface area contributed by atoms with Crippen LogP contribution in [0.3, 0.4) is 0 Å². The molecule has 2 aromatic rings. The second kappa shape index (κ2) is 13.5. The summed E-state index contributed by atoms with van der Waals surface area (Å²) in [4.78, 5) is 73.6. The molecule has 2 aromatic carbocycles. The molecule has 0 saturated carbocycles. The molecule has 2 aliphatic heterocycles. The van der Waals surface area contributed by atoms with E-state index in [0.717, 1.165) is 4.90 Å². The van der Waals surface area contributed by atoms with Crippen LogP contribution in [0.1, 0.15) is 75.5 Å². The van der Waals surface area contributed by atoms with Crippen LogP contribution in [0, 0.1) is 5.92 Å². The third-order valence-corrected chi connectivity index (χ3v) is 6.41. The van der Waals surface area contributed by atoms with E-state index in [4.69, 9.17) is 9.47 Å². The molecule has 0 spiro atoms. The zero-order chi connectivity index (χ0) is 29.4. The Bertz CT molecular complexity index is 1290. The fourth-order valence-electron chi connectivity index (χ4n) is 4.13. The molecule has 1 atom stereocenters. The van der Waals surface area contributed by atoms with Crippen molar-refractivity contribution in [3.05, 3.63) is 82.4 Å². The highest BCUT2D eigenvalue weighted by Crippen LogP contribution is 2.24. The van der Waals surface area contributed by atoms with E-state index in [1.165, 1.54) is 11.0 Å². The molecule has 0 radical (unpaired) electrons. The largest absolute Gasteiger partial charge is 0.466 e. The lowest BCUT2D eigenvalue weighted by Crippen LogP contribution is -2.32. The lowest BCUT2D eigenvalue weighted by atomic mass is 10.1. The Morgan fingerprint density at radius 3 is 1.60 bits per heavy atom. The lowest BCUT2D eigenvalue weighted by molar-refractivity contribution is -0.147. The maximum Gasteiger partial charge on any atom is 0.333 e. The molecule has 4 rings (SSSR count). The number of hydrogen-bond acceptors (Lipinski definition) is 8. The van der Waals surface area contributed by atoms with E-state index < -0.39 is 5.97 Å². The van der Waals surface area contributed by atoms with Gasteiger partial charge in [-0.1, -0.05) is 37.3 Å². The van der Waals surface area contributed by atoms with E-state index in [9.17, 15) is 28.8 Å². The van der Waals surface area contributed by atoms with Crippen LogP contribution in [-0.4, -0.2) is 71.7 Å². The molecule has 10 nitrogen and oxygen atoms in total. The molecule has 10 heteroatoms. The number of benzene rings is 2. The van der Waals surface area contributed by atoms with Gasteiger partial charge in [-0.25, -0.2) is 4.79 Å². The molecule has 2 heterocycles. The summed E-state index contributed by atoms with van der Waals surface area (Å²) in [6.07, 6.45) is 1.93. The van der Waals surface area contributed by atoms with E-state index in [1.807, 2.05) is 0 Å². The number of carbonyl (C=O) groups excluding carboxylic acids is 6. The average Bonchev–Trinajstić information content (AvgIpc) is 3.35. The summed E-state index contributed by atoms with van der Waals surface area (Å²) in [7, 11) is 0. The third-order valence-electron chi connectivity index (χ3n) is 6.41. The van der Waals surface area contributed by atoms with E-state index in [2.05, 4.69) is 0 Å². The molecule has 2 aliphatic rings. The van der Waals surface area contributed by atoms with E-state index in [1.54, 1.807) is 76.2 Å². The van der Waals surface area contributed by atoms with Crippen LogP contribution in [0.5, 0.6) is 0 Å². The SMILES string of the molecule is CCOC(=O)/C(C)=C/CN1C(=O)c2ccccc2C1=O.CCOC(=O)C(C)CCN1C(=O)c2ccccc2C1=O. The molecule has 0 bridgehead atoms. The van der Waals surface area contributed by atoms with Crippen LogP contribution in [0.2, 0.25) is 0 Å². The molecule has 40 heavy (non-hydrogen) atoms. The molecule has 0 aliphatic carbocycles. The van der Waals surface area contributed by atoms with E-state index in [0.29, 0.717) is 40.9 Å². The Hall–Kier alpha value is -4.60. The number of carbonyl (C=O) groups is 6. The fraction of sp³-hybridized carbons (Fsp3) is 0.333. The Kier molecular flexibility index (Phi) is 10.1. The van der Waals surface area contributed by atoms with Gasteiger partial charge in [0, 0.05) is 18.7 Å². The number of esters is 2. The first-order chi connectivity index (χ1) is 19.1. The van der Waals surface area contributed by atoms with Crippen molar-refractivity contribution in [3.63, 3.8) is 0 Å². The number of imide groups is 2. The molecular formula is C30H32N2O8. The topological polar surface area (TPSA) is 127 Å². The summed E-state index contributed by atoms with van der Waals surface area (Å²) in [5.41, 5.74) is 2.05. The predicted octanol–water partition coefficient (Wildman–Crippen LogP) is 3.66.